The number of fused-ring (bicyclic) bond motifs is 1. The molecule has 0 spiro atoms. The van der Waals surface area contributed by atoms with E-state index >= 15 is 0 Å². The zero-order chi connectivity index (χ0) is 9.97. The van der Waals surface area contributed by atoms with E-state index in [4.69, 9.17) is 0 Å². The van der Waals surface area contributed by atoms with Gasteiger partial charge in [0.15, 0.2) is 0 Å². The third-order valence-corrected chi connectivity index (χ3v) is 3.79. The van der Waals surface area contributed by atoms with E-state index < -0.39 is 0 Å². The average Bonchev–Trinajstić information content (AvgIpc) is 2.67. The fourth-order valence-electron chi connectivity index (χ4n) is 3.05. The van der Waals surface area contributed by atoms with E-state index in [2.05, 4.69) is 24.5 Å². The molecule has 1 heterocycles. The summed E-state index contributed by atoms with van der Waals surface area (Å²) in [7, 11) is 0. The number of hydrogen-bond acceptors (Lipinski definition) is 2. The Morgan fingerprint density at radius 2 is 2.21 bits per heavy atom. The molecule has 3 atom stereocenters. The normalized spacial score (nSPS) is 36.6. The maximum absolute atomic E-state index is 3.67. The van der Waals surface area contributed by atoms with Crippen LogP contribution in [0.25, 0.3) is 0 Å². The summed E-state index contributed by atoms with van der Waals surface area (Å²) < 4.78 is 0. The lowest BCUT2D eigenvalue weighted by atomic mass is 9.94. The second kappa shape index (κ2) is 4.63. The third-order valence-electron chi connectivity index (χ3n) is 3.79. The predicted molar refractivity (Wildman–Crippen MR) is 60.3 cm³/mol. The molecule has 14 heavy (non-hydrogen) atoms. The van der Waals surface area contributed by atoms with Crippen LogP contribution in [-0.4, -0.2) is 25.7 Å². The fourth-order valence-corrected chi connectivity index (χ4v) is 3.05. The van der Waals surface area contributed by atoms with Crippen molar-refractivity contribution in [3.8, 4) is 0 Å². The Balaban J connectivity index is 1.71. The minimum absolute atomic E-state index is 0.765. The van der Waals surface area contributed by atoms with Crippen molar-refractivity contribution in [3.63, 3.8) is 0 Å². The van der Waals surface area contributed by atoms with Crippen LogP contribution in [0.5, 0.6) is 0 Å². The molecule has 2 aliphatic rings. The second-order valence-electron chi connectivity index (χ2n) is 5.42. The van der Waals surface area contributed by atoms with E-state index in [0.717, 1.165) is 30.3 Å². The molecule has 2 heteroatoms. The molecule has 1 aliphatic carbocycles. The smallest absolute Gasteiger partial charge is 0.0223 e. The summed E-state index contributed by atoms with van der Waals surface area (Å²) in [5.41, 5.74) is 0. The lowest BCUT2D eigenvalue weighted by Gasteiger charge is -2.19. The summed E-state index contributed by atoms with van der Waals surface area (Å²) in [6, 6.07) is 0.765. The van der Waals surface area contributed by atoms with Crippen LogP contribution in [0.1, 0.15) is 33.1 Å². The molecule has 1 aliphatic heterocycles. The molecular weight excluding hydrogens is 172 g/mol. The first-order valence-corrected chi connectivity index (χ1v) is 6.21. The third kappa shape index (κ3) is 2.29. The van der Waals surface area contributed by atoms with Crippen molar-refractivity contribution in [2.24, 2.45) is 17.8 Å². The zero-order valence-electron chi connectivity index (χ0n) is 9.55. The zero-order valence-corrected chi connectivity index (χ0v) is 9.55. The molecule has 1 saturated heterocycles. The van der Waals surface area contributed by atoms with E-state index in [1.807, 2.05) is 0 Å². The van der Waals surface area contributed by atoms with Crippen molar-refractivity contribution in [3.05, 3.63) is 0 Å². The molecule has 82 valence electrons. The van der Waals surface area contributed by atoms with Crippen LogP contribution in [-0.2, 0) is 0 Å². The molecule has 2 fully saturated rings. The van der Waals surface area contributed by atoms with Gasteiger partial charge in [0, 0.05) is 12.6 Å². The Kier molecular flexibility index (Phi) is 3.45. The van der Waals surface area contributed by atoms with Crippen molar-refractivity contribution in [1.29, 1.82) is 0 Å². The van der Waals surface area contributed by atoms with Crippen molar-refractivity contribution >= 4 is 0 Å². The van der Waals surface area contributed by atoms with E-state index in [1.165, 1.54) is 32.4 Å². The van der Waals surface area contributed by atoms with Crippen LogP contribution < -0.4 is 10.6 Å². The Morgan fingerprint density at radius 1 is 1.36 bits per heavy atom. The van der Waals surface area contributed by atoms with Gasteiger partial charge in [-0.25, -0.2) is 0 Å². The van der Waals surface area contributed by atoms with Crippen LogP contribution in [0.4, 0.5) is 0 Å². The highest BCUT2D eigenvalue weighted by molar-refractivity contribution is 4.94. The van der Waals surface area contributed by atoms with Crippen molar-refractivity contribution in [2.75, 3.05) is 19.6 Å². The van der Waals surface area contributed by atoms with Gasteiger partial charge in [0.05, 0.1) is 0 Å². The Hall–Kier alpha value is -0.0800. The van der Waals surface area contributed by atoms with Crippen LogP contribution in [0, 0.1) is 17.8 Å². The monoisotopic (exact) mass is 196 g/mol. The summed E-state index contributed by atoms with van der Waals surface area (Å²) in [5, 5.41) is 7.25. The first-order chi connectivity index (χ1) is 6.77. The van der Waals surface area contributed by atoms with Gasteiger partial charge in [0.25, 0.3) is 0 Å². The minimum atomic E-state index is 0.765. The molecule has 2 rings (SSSR count). The van der Waals surface area contributed by atoms with Gasteiger partial charge in [-0.15, -0.1) is 0 Å². The van der Waals surface area contributed by atoms with E-state index in [-0.39, 0.29) is 0 Å². The Morgan fingerprint density at radius 3 is 3.00 bits per heavy atom. The molecule has 0 amide bonds. The van der Waals surface area contributed by atoms with Gasteiger partial charge in [0.1, 0.15) is 0 Å². The molecule has 0 aromatic heterocycles. The van der Waals surface area contributed by atoms with Crippen molar-refractivity contribution in [2.45, 2.75) is 39.2 Å². The fraction of sp³-hybridized carbons (Fsp3) is 1.00. The van der Waals surface area contributed by atoms with Gasteiger partial charge < -0.3 is 10.6 Å². The summed E-state index contributed by atoms with van der Waals surface area (Å²) in [4.78, 5) is 0. The molecular formula is C12H24N2. The molecule has 0 bridgehead atoms. The standard InChI is InChI=1S/C12H24N2/c1-9(2)6-13-8-12-11-5-3-4-10(11)7-14-12/h9-14H,3-8H2,1-2H3. The van der Waals surface area contributed by atoms with E-state index in [0.29, 0.717) is 0 Å². The highest BCUT2D eigenvalue weighted by atomic mass is 15.0. The molecule has 2 N–H and O–H groups in total. The molecule has 0 aromatic rings. The topological polar surface area (TPSA) is 24.1 Å². The lowest BCUT2D eigenvalue weighted by molar-refractivity contribution is 0.386. The average molecular weight is 196 g/mol. The van der Waals surface area contributed by atoms with Gasteiger partial charge in [-0.1, -0.05) is 20.3 Å². The first kappa shape index (κ1) is 10.4. The predicted octanol–water partition coefficient (Wildman–Crippen LogP) is 1.62. The SMILES string of the molecule is CC(C)CNCC1NCC2CCCC21. The summed E-state index contributed by atoms with van der Waals surface area (Å²) in [6.45, 7) is 8.16. The van der Waals surface area contributed by atoms with Gasteiger partial charge >= 0.3 is 0 Å². The first-order valence-electron chi connectivity index (χ1n) is 6.21. The maximum atomic E-state index is 3.67. The molecule has 2 nitrogen and oxygen atoms in total. The number of rotatable bonds is 4. The van der Waals surface area contributed by atoms with Gasteiger partial charge in [-0.05, 0) is 43.7 Å². The van der Waals surface area contributed by atoms with Crippen molar-refractivity contribution in [1.82, 2.24) is 10.6 Å². The number of hydrogen-bond donors (Lipinski definition) is 2. The van der Waals surface area contributed by atoms with Crippen LogP contribution in [0.2, 0.25) is 0 Å². The minimum Gasteiger partial charge on any atom is -0.315 e. The Labute approximate surface area is 87.8 Å². The lowest BCUT2D eigenvalue weighted by Crippen LogP contribution is -2.39. The van der Waals surface area contributed by atoms with Gasteiger partial charge in [-0.3, -0.25) is 0 Å². The van der Waals surface area contributed by atoms with Crippen LogP contribution in [0.3, 0.4) is 0 Å². The van der Waals surface area contributed by atoms with Crippen LogP contribution >= 0.6 is 0 Å². The van der Waals surface area contributed by atoms with Gasteiger partial charge in [-0.2, -0.15) is 0 Å². The van der Waals surface area contributed by atoms with Gasteiger partial charge in [0.2, 0.25) is 0 Å². The number of nitrogens with one attached hydrogen (secondary N) is 2. The molecule has 0 aromatic carbocycles. The Bertz CT molecular complexity index is 179. The maximum Gasteiger partial charge on any atom is 0.0223 e. The van der Waals surface area contributed by atoms with Crippen molar-refractivity contribution < 1.29 is 0 Å². The summed E-state index contributed by atoms with van der Waals surface area (Å²) in [6.07, 6.45) is 4.40. The second-order valence-corrected chi connectivity index (χ2v) is 5.42. The largest absolute Gasteiger partial charge is 0.315 e. The molecule has 1 saturated carbocycles. The highest BCUT2D eigenvalue weighted by Crippen LogP contribution is 2.37. The molecule has 3 unspecified atom stereocenters. The molecule has 0 radical (unpaired) electrons. The summed E-state index contributed by atoms with van der Waals surface area (Å²) >= 11 is 0. The van der Waals surface area contributed by atoms with Crippen LogP contribution in [0.15, 0.2) is 0 Å². The van der Waals surface area contributed by atoms with E-state index in [1.54, 1.807) is 0 Å². The summed E-state index contributed by atoms with van der Waals surface area (Å²) in [5.74, 6) is 2.76. The quantitative estimate of drug-likeness (QED) is 0.714. The highest BCUT2D eigenvalue weighted by Gasteiger charge is 2.38. The van der Waals surface area contributed by atoms with E-state index in [9.17, 15) is 0 Å².